The second-order valence-corrected chi connectivity index (χ2v) is 4.22. The second-order valence-electron chi connectivity index (χ2n) is 3.37. The van der Waals surface area contributed by atoms with Crippen LogP contribution in [0, 0.1) is 0 Å². The maximum Gasteiger partial charge on any atom is 0.482 e. The molecule has 2 N–H and O–H groups in total. The third-order valence-corrected chi connectivity index (χ3v) is 2.97. The van der Waals surface area contributed by atoms with Crippen molar-refractivity contribution in [1.82, 2.24) is 0 Å². The molecule has 2 aromatic carbocycles. The molecule has 1 radical (unpaired) electrons. The minimum Gasteiger partial charge on any atom is -0.429 e. The molecule has 0 bridgehead atoms. The van der Waals surface area contributed by atoms with E-state index in [1.54, 1.807) is 0 Å². The van der Waals surface area contributed by atoms with Crippen LogP contribution in [-0.4, -0.2) is 17.7 Å². The van der Waals surface area contributed by atoms with Gasteiger partial charge in [0, 0.05) is 4.47 Å². The third kappa shape index (κ3) is 5.17. The highest BCUT2D eigenvalue weighted by Crippen LogP contribution is 2.19. The Morgan fingerprint density at radius 2 is 1.41 bits per heavy atom. The van der Waals surface area contributed by atoms with Crippen LogP contribution in [0.3, 0.4) is 0 Å². The van der Waals surface area contributed by atoms with E-state index in [9.17, 15) is 0 Å². The van der Waals surface area contributed by atoms with Crippen LogP contribution in [-0.2, 0) is 6.42 Å². The number of rotatable bonds is 2. The zero-order chi connectivity index (χ0) is 12.5. The van der Waals surface area contributed by atoms with Crippen molar-refractivity contribution in [2.24, 2.45) is 0 Å². The lowest BCUT2D eigenvalue weighted by atomic mass is 10.1. The lowest BCUT2D eigenvalue weighted by Crippen LogP contribution is -1.88. The van der Waals surface area contributed by atoms with Crippen molar-refractivity contribution in [3.63, 3.8) is 0 Å². The largest absolute Gasteiger partial charge is 0.482 e. The fourth-order valence-electron chi connectivity index (χ4n) is 1.46. The van der Waals surface area contributed by atoms with Gasteiger partial charge in [0.05, 0.1) is 0 Å². The molecule has 0 spiro atoms. The van der Waals surface area contributed by atoms with Gasteiger partial charge in [0.2, 0.25) is 0 Å². The predicted octanol–water partition coefficient (Wildman–Crippen LogP) is 2.55. The van der Waals surface area contributed by atoms with Crippen LogP contribution in [0.15, 0.2) is 59.1 Å². The molecular formula is C13H13BBrO2. The van der Waals surface area contributed by atoms with Gasteiger partial charge < -0.3 is 10.0 Å². The van der Waals surface area contributed by atoms with E-state index in [-0.39, 0.29) is 7.69 Å². The van der Waals surface area contributed by atoms with Crippen molar-refractivity contribution >= 4 is 23.6 Å². The SMILES string of the molecule is Brc1ccccc1Cc1ccccc1.O[B]O. The summed E-state index contributed by atoms with van der Waals surface area (Å²) in [5, 5.41) is 14.0. The molecule has 0 unspecified atom stereocenters. The number of benzene rings is 2. The minimum absolute atomic E-state index is 0. The molecule has 0 heterocycles. The van der Waals surface area contributed by atoms with Gasteiger partial charge in [-0.05, 0) is 23.6 Å². The summed E-state index contributed by atoms with van der Waals surface area (Å²) in [7, 11) is 0. The summed E-state index contributed by atoms with van der Waals surface area (Å²) < 4.78 is 1.18. The van der Waals surface area contributed by atoms with Crippen LogP contribution in [0.5, 0.6) is 0 Å². The first-order valence-electron chi connectivity index (χ1n) is 5.15. The topological polar surface area (TPSA) is 40.5 Å². The van der Waals surface area contributed by atoms with Gasteiger partial charge in [0.25, 0.3) is 0 Å². The maximum absolute atomic E-state index is 7.00. The van der Waals surface area contributed by atoms with E-state index in [0.717, 1.165) is 6.42 Å². The van der Waals surface area contributed by atoms with Crippen molar-refractivity contribution < 1.29 is 10.0 Å². The highest BCUT2D eigenvalue weighted by molar-refractivity contribution is 9.10. The zero-order valence-electron chi connectivity index (χ0n) is 9.25. The van der Waals surface area contributed by atoms with Gasteiger partial charge in [-0.2, -0.15) is 0 Å². The lowest BCUT2D eigenvalue weighted by Gasteiger charge is -2.03. The average molecular weight is 292 g/mol. The van der Waals surface area contributed by atoms with Gasteiger partial charge in [-0.1, -0.05) is 64.5 Å². The number of hydrogen-bond acceptors (Lipinski definition) is 2. The summed E-state index contributed by atoms with van der Waals surface area (Å²) in [6, 6.07) is 18.8. The maximum atomic E-state index is 7.00. The first-order chi connectivity index (χ1) is 8.27. The molecule has 2 rings (SSSR count). The van der Waals surface area contributed by atoms with E-state index in [4.69, 9.17) is 10.0 Å². The molecule has 4 heteroatoms. The van der Waals surface area contributed by atoms with Crippen molar-refractivity contribution in [2.75, 3.05) is 0 Å². The Kier molecular flexibility index (Phi) is 6.63. The summed E-state index contributed by atoms with van der Waals surface area (Å²) in [6.07, 6.45) is 0.988. The van der Waals surface area contributed by atoms with Crippen molar-refractivity contribution in [2.45, 2.75) is 6.42 Å². The van der Waals surface area contributed by atoms with Gasteiger partial charge >= 0.3 is 7.69 Å². The Morgan fingerprint density at radius 3 is 2.00 bits per heavy atom. The average Bonchev–Trinajstić information content (AvgIpc) is 2.35. The monoisotopic (exact) mass is 291 g/mol. The van der Waals surface area contributed by atoms with E-state index in [1.165, 1.54) is 15.6 Å². The zero-order valence-corrected chi connectivity index (χ0v) is 10.8. The van der Waals surface area contributed by atoms with E-state index < -0.39 is 0 Å². The standard InChI is InChI=1S/C13H11Br.BH2O2/c14-13-9-5-4-8-12(13)10-11-6-2-1-3-7-11;2-1-3/h1-9H,10H2;2-3H. The van der Waals surface area contributed by atoms with Crippen LogP contribution < -0.4 is 0 Å². The molecule has 0 saturated heterocycles. The number of hydrogen-bond donors (Lipinski definition) is 2. The molecule has 0 saturated carbocycles. The molecule has 0 amide bonds. The first-order valence-corrected chi connectivity index (χ1v) is 5.94. The Morgan fingerprint density at radius 1 is 0.882 bits per heavy atom. The Hall–Kier alpha value is -1.10. The van der Waals surface area contributed by atoms with E-state index >= 15 is 0 Å². The Labute approximate surface area is 110 Å². The summed E-state index contributed by atoms with van der Waals surface area (Å²) in [5.74, 6) is 0. The van der Waals surface area contributed by atoms with Crippen LogP contribution in [0.1, 0.15) is 11.1 Å². The molecule has 2 nitrogen and oxygen atoms in total. The fraction of sp³-hybridized carbons (Fsp3) is 0.0769. The van der Waals surface area contributed by atoms with Crippen LogP contribution in [0.2, 0.25) is 0 Å². The minimum atomic E-state index is 0. The van der Waals surface area contributed by atoms with Crippen LogP contribution in [0.4, 0.5) is 0 Å². The highest BCUT2D eigenvalue weighted by atomic mass is 79.9. The van der Waals surface area contributed by atoms with E-state index in [1.807, 2.05) is 12.1 Å². The Balaban J connectivity index is 0.000000437. The molecular weight excluding hydrogens is 279 g/mol. The second kappa shape index (κ2) is 8.06. The summed E-state index contributed by atoms with van der Waals surface area (Å²) in [5.41, 5.74) is 2.68. The van der Waals surface area contributed by atoms with Gasteiger partial charge in [0.1, 0.15) is 0 Å². The molecule has 0 aliphatic carbocycles. The summed E-state index contributed by atoms with van der Waals surface area (Å²) >= 11 is 3.55. The van der Waals surface area contributed by atoms with Gasteiger partial charge in [-0.15, -0.1) is 0 Å². The molecule has 17 heavy (non-hydrogen) atoms. The van der Waals surface area contributed by atoms with Crippen LogP contribution >= 0.6 is 15.9 Å². The highest BCUT2D eigenvalue weighted by Gasteiger charge is 1.98. The molecule has 0 fully saturated rings. The normalized spacial score (nSPS) is 9.12. The molecule has 0 aliphatic heterocycles. The van der Waals surface area contributed by atoms with Crippen molar-refractivity contribution in [1.29, 1.82) is 0 Å². The fourth-order valence-corrected chi connectivity index (χ4v) is 1.88. The van der Waals surface area contributed by atoms with Crippen LogP contribution in [0.25, 0.3) is 0 Å². The van der Waals surface area contributed by atoms with Gasteiger partial charge in [-0.3, -0.25) is 0 Å². The smallest absolute Gasteiger partial charge is 0.429 e. The predicted molar refractivity (Wildman–Crippen MR) is 73.6 cm³/mol. The Bertz CT molecular complexity index is 434. The molecule has 0 aromatic heterocycles. The first kappa shape index (κ1) is 14.0. The van der Waals surface area contributed by atoms with Gasteiger partial charge in [0.15, 0.2) is 0 Å². The molecule has 0 atom stereocenters. The molecule has 2 aromatic rings. The third-order valence-electron chi connectivity index (χ3n) is 2.20. The quantitative estimate of drug-likeness (QED) is 0.835. The summed E-state index contributed by atoms with van der Waals surface area (Å²) in [4.78, 5) is 0. The van der Waals surface area contributed by atoms with Crippen molar-refractivity contribution in [3.05, 3.63) is 70.2 Å². The lowest BCUT2D eigenvalue weighted by molar-refractivity contribution is 0.448. The van der Waals surface area contributed by atoms with E-state index in [2.05, 4.69) is 58.4 Å². The van der Waals surface area contributed by atoms with Crippen molar-refractivity contribution in [3.8, 4) is 0 Å². The molecule has 87 valence electrons. The number of halogens is 1. The molecule has 0 aliphatic rings. The summed E-state index contributed by atoms with van der Waals surface area (Å²) in [6.45, 7) is 0. The van der Waals surface area contributed by atoms with Gasteiger partial charge in [-0.25, -0.2) is 0 Å². The van der Waals surface area contributed by atoms with E-state index in [0.29, 0.717) is 0 Å².